The van der Waals surface area contributed by atoms with Crippen molar-refractivity contribution < 1.29 is 8.42 Å². The summed E-state index contributed by atoms with van der Waals surface area (Å²) in [5.74, 6) is 0. The maximum absolute atomic E-state index is 13.1. The topological polar surface area (TPSA) is 50.3 Å². The Morgan fingerprint density at radius 1 is 1.08 bits per heavy atom. The highest BCUT2D eigenvalue weighted by Gasteiger charge is 2.36. The van der Waals surface area contributed by atoms with Crippen molar-refractivity contribution in [3.8, 4) is 0 Å². The van der Waals surface area contributed by atoms with Crippen molar-refractivity contribution in [3.63, 3.8) is 0 Å². The van der Waals surface area contributed by atoms with Gasteiger partial charge in [0.05, 0.1) is 16.5 Å². The van der Waals surface area contributed by atoms with Crippen LogP contribution >= 0.6 is 0 Å². The molecule has 0 spiro atoms. The third kappa shape index (κ3) is 2.94. The van der Waals surface area contributed by atoms with E-state index in [-0.39, 0.29) is 6.04 Å². The molecule has 128 valence electrons. The number of pyridine rings is 1. The summed E-state index contributed by atoms with van der Waals surface area (Å²) in [6.07, 6.45) is 3.50. The molecule has 0 unspecified atom stereocenters. The predicted molar refractivity (Wildman–Crippen MR) is 98.8 cm³/mol. The molecule has 4 rings (SSSR count). The molecule has 0 saturated carbocycles. The average Bonchev–Trinajstić information content (AvgIpc) is 3.12. The van der Waals surface area contributed by atoms with Crippen LogP contribution in [0.2, 0.25) is 0 Å². The van der Waals surface area contributed by atoms with E-state index in [1.165, 1.54) is 0 Å². The normalized spacial score (nSPS) is 18.7. The Hall–Kier alpha value is -2.24. The van der Waals surface area contributed by atoms with E-state index in [4.69, 9.17) is 0 Å². The Balaban J connectivity index is 1.73. The van der Waals surface area contributed by atoms with Gasteiger partial charge in [-0.2, -0.15) is 4.31 Å². The van der Waals surface area contributed by atoms with Crippen LogP contribution in [-0.4, -0.2) is 24.3 Å². The SMILES string of the molecule is Cc1ccc(S(=O)(=O)N2CCC[C@@H]2c2cnc3ccccc3c2)cc1. The molecule has 0 radical (unpaired) electrons. The minimum Gasteiger partial charge on any atom is -0.256 e. The summed E-state index contributed by atoms with van der Waals surface area (Å²) in [5.41, 5.74) is 2.94. The number of fused-ring (bicyclic) bond motifs is 1. The third-order valence-electron chi connectivity index (χ3n) is 4.83. The number of sulfonamides is 1. The average molecular weight is 352 g/mol. The van der Waals surface area contributed by atoms with Crippen molar-refractivity contribution in [1.29, 1.82) is 0 Å². The van der Waals surface area contributed by atoms with Crippen LogP contribution in [0.15, 0.2) is 65.7 Å². The lowest BCUT2D eigenvalue weighted by Crippen LogP contribution is -2.30. The summed E-state index contributed by atoms with van der Waals surface area (Å²) in [4.78, 5) is 4.87. The van der Waals surface area contributed by atoms with Gasteiger partial charge in [0.1, 0.15) is 0 Å². The number of hydrogen-bond acceptors (Lipinski definition) is 3. The lowest BCUT2D eigenvalue weighted by atomic mass is 10.1. The molecule has 1 fully saturated rings. The monoisotopic (exact) mass is 352 g/mol. The molecule has 25 heavy (non-hydrogen) atoms. The Kier molecular flexibility index (Phi) is 4.06. The van der Waals surface area contributed by atoms with Gasteiger partial charge in [-0.3, -0.25) is 4.98 Å². The van der Waals surface area contributed by atoms with Crippen molar-refractivity contribution >= 4 is 20.9 Å². The highest BCUT2D eigenvalue weighted by molar-refractivity contribution is 7.89. The molecule has 2 aromatic carbocycles. The summed E-state index contributed by atoms with van der Waals surface area (Å²) in [5, 5.41) is 1.04. The van der Waals surface area contributed by atoms with E-state index in [0.717, 1.165) is 34.9 Å². The quantitative estimate of drug-likeness (QED) is 0.714. The maximum Gasteiger partial charge on any atom is 0.243 e. The first-order chi connectivity index (χ1) is 12.1. The number of nitrogens with zero attached hydrogens (tertiary/aromatic N) is 2. The fourth-order valence-corrected chi connectivity index (χ4v) is 5.16. The summed E-state index contributed by atoms with van der Waals surface area (Å²) < 4.78 is 27.8. The minimum atomic E-state index is -3.50. The number of para-hydroxylation sites is 1. The van der Waals surface area contributed by atoms with Gasteiger partial charge >= 0.3 is 0 Å². The molecule has 0 aliphatic carbocycles. The Morgan fingerprint density at radius 2 is 1.84 bits per heavy atom. The molecule has 2 heterocycles. The van der Waals surface area contributed by atoms with E-state index in [1.807, 2.05) is 49.5 Å². The van der Waals surface area contributed by atoms with Gasteiger partial charge in [0.25, 0.3) is 0 Å². The first-order valence-electron chi connectivity index (χ1n) is 8.49. The summed E-state index contributed by atoms with van der Waals surface area (Å²) in [7, 11) is -3.50. The first kappa shape index (κ1) is 16.2. The number of rotatable bonds is 3. The Morgan fingerprint density at radius 3 is 2.64 bits per heavy atom. The molecule has 0 bridgehead atoms. The molecule has 1 aromatic heterocycles. The van der Waals surface area contributed by atoms with Crippen LogP contribution < -0.4 is 0 Å². The van der Waals surface area contributed by atoms with Crippen LogP contribution in [0, 0.1) is 6.92 Å². The molecule has 1 aliphatic heterocycles. The van der Waals surface area contributed by atoms with Gasteiger partial charge in [-0.25, -0.2) is 8.42 Å². The lowest BCUT2D eigenvalue weighted by Gasteiger charge is -2.24. The highest BCUT2D eigenvalue weighted by atomic mass is 32.2. The van der Waals surface area contributed by atoms with E-state index in [2.05, 4.69) is 11.1 Å². The number of aryl methyl sites for hydroxylation is 1. The van der Waals surface area contributed by atoms with Crippen LogP contribution in [0.3, 0.4) is 0 Å². The Labute approximate surface area is 148 Å². The second-order valence-electron chi connectivity index (χ2n) is 6.55. The molecular formula is C20H20N2O2S. The summed E-state index contributed by atoms with van der Waals surface area (Å²) in [6, 6.07) is 16.9. The maximum atomic E-state index is 13.1. The fraction of sp³-hybridized carbons (Fsp3) is 0.250. The second-order valence-corrected chi connectivity index (χ2v) is 8.44. The molecule has 1 atom stereocenters. The van der Waals surface area contributed by atoms with Gasteiger partial charge in [0.2, 0.25) is 10.0 Å². The number of aromatic nitrogens is 1. The van der Waals surface area contributed by atoms with E-state index in [9.17, 15) is 8.42 Å². The zero-order valence-corrected chi connectivity index (χ0v) is 14.9. The largest absolute Gasteiger partial charge is 0.256 e. The van der Waals surface area contributed by atoms with Crippen LogP contribution in [0.1, 0.15) is 30.0 Å². The molecule has 0 amide bonds. The van der Waals surface area contributed by atoms with E-state index in [1.54, 1.807) is 16.4 Å². The van der Waals surface area contributed by atoms with Gasteiger partial charge in [0, 0.05) is 18.1 Å². The Bertz CT molecular complexity index is 1010. The fourth-order valence-electron chi connectivity index (χ4n) is 3.48. The molecule has 1 aliphatic rings. The number of hydrogen-bond donors (Lipinski definition) is 0. The van der Waals surface area contributed by atoms with Crippen LogP contribution in [0.25, 0.3) is 10.9 Å². The molecule has 1 saturated heterocycles. The zero-order chi connectivity index (χ0) is 17.4. The molecular weight excluding hydrogens is 332 g/mol. The highest BCUT2D eigenvalue weighted by Crippen LogP contribution is 2.37. The van der Waals surface area contributed by atoms with Crippen molar-refractivity contribution in [2.24, 2.45) is 0 Å². The van der Waals surface area contributed by atoms with Crippen molar-refractivity contribution in [3.05, 3.63) is 71.9 Å². The van der Waals surface area contributed by atoms with Gasteiger partial charge in [-0.1, -0.05) is 35.9 Å². The van der Waals surface area contributed by atoms with Crippen molar-refractivity contribution in [1.82, 2.24) is 9.29 Å². The summed E-state index contributed by atoms with van der Waals surface area (Å²) in [6.45, 7) is 2.50. The van der Waals surface area contributed by atoms with Gasteiger partial charge in [-0.15, -0.1) is 0 Å². The van der Waals surface area contributed by atoms with E-state index >= 15 is 0 Å². The van der Waals surface area contributed by atoms with Gasteiger partial charge in [-0.05, 0) is 49.6 Å². The molecule has 3 aromatic rings. The number of benzene rings is 2. The molecule has 0 N–H and O–H groups in total. The lowest BCUT2D eigenvalue weighted by molar-refractivity contribution is 0.396. The van der Waals surface area contributed by atoms with E-state index < -0.39 is 10.0 Å². The molecule has 5 heteroatoms. The van der Waals surface area contributed by atoms with E-state index in [0.29, 0.717) is 11.4 Å². The van der Waals surface area contributed by atoms with Crippen molar-refractivity contribution in [2.75, 3.05) is 6.54 Å². The minimum absolute atomic E-state index is 0.150. The van der Waals surface area contributed by atoms with Crippen LogP contribution in [0.4, 0.5) is 0 Å². The predicted octanol–water partition coefficient (Wildman–Crippen LogP) is 4.07. The second kappa shape index (κ2) is 6.24. The van der Waals surface area contributed by atoms with Crippen LogP contribution in [0.5, 0.6) is 0 Å². The standard InChI is InChI=1S/C20H20N2O2S/c1-15-8-10-18(11-9-15)25(23,24)22-12-4-7-20(22)17-13-16-5-2-3-6-19(16)21-14-17/h2-3,5-6,8-11,13-14,20H,4,7,12H2,1H3/t20-/m1/s1. The van der Waals surface area contributed by atoms with Crippen molar-refractivity contribution in [2.45, 2.75) is 30.7 Å². The van der Waals surface area contributed by atoms with Gasteiger partial charge < -0.3 is 0 Å². The smallest absolute Gasteiger partial charge is 0.243 e. The zero-order valence-electron chi connectivity index (χ0n) is 14.1. The van der Waals surface area contributed by atoms with Crippen LogP contribution in [-0.2, 0) is 10.0 Å². The molecule has 4 nitrogen and oxygen atoms in total. The third-order valence-corrected chi connectivity index (χ3v) is 6.75. The van der Waals surface area contributed by atoms with Gasteiger partial charge in [0.15, 0.2) is 0 Å². The summed E-state index contributed by atoms with van der Waals surface area (Å²) >= 11 is 0. The first-order valence-corrected chi connectivity index (χ1v) is 9.93.